The molecule has 4 aromatic rings. The van der Waals surface area contributed by atoms with Crippen LogP contribution in [0.3, 0.4) is 0 Å². The van der Waals surface area contributed by atoms with Crippen molar-refractivity contribution in [3.63, 3.8) is 0 Å². The topological polar surface area (TPSA) is 64.3 Å². The summed E-state index contributed by atoms with van der Waals surface area (Å²) in [6.07, 6.45) is 0. The second kappa shape index (κ2) is 7.05. The summed E-state index contributed by atoms with van der Waals surface area (Å²) < 4.78 is 45.5. The third-order valence-electron chi connectivity index (χ3n) is 4.44. The fourth-order valence-corrected chi connectivity index (χ4v) is 4.40. The number of benzene rings is 3. The van der Waals surface area contributed by atoms with Gasteiger partial charge in [0.1, 0.15) is 22.9 Å². The lowest BCUT2D eigenvalue weighted by Crippen LogP contribution is -2.10. The molecule has 0 bridgehead atoms. The van der Waals surface area contributed by atoms with E-state index in [-0.39, 0.29) is 21.8 Å². The highest BCUT2D eigenvalue weighted by atomic mass is 32.2. The molecule has 28 heavy (non-hydrogen) atoms. The normalized spacial score (nSPS) is 11.6. The third-order valence-corrected chi connectivity index (χ3v) is 6.07. The summed E-state index contributed by atoms with van der Waals surface area (Å²) in [4.78, 5) is 13.2. The van der Waals surface area contributed by atoms with E-state index in [9.17, 15) is 17.6 Å². The van der Waals surface area contributed by atoms with Crippen molar-refractivity contribution < 1.29 is 22.0 Å². The molecule has 0 unspecified atom stereocenters. The standard InChI is InChI=1S/C22H15FO4S/c23-18-12-6-4-10-16(18)22(24)21-17-11-5-7-13-19(17)27-20(21)14-28(25,26)15-8-2-1-3-9-15/h1-13H,14H2. The second-order valence-electron chi connectivity index (χ2n) is 6.28. The number of hydrogen-bond acceptors (Lipinski definition) is 4. The Morgan fingerprint density at radius 3 is 2.25 bits per heavy atom. The minimum Gasteiger partial charge on any atom is -0.459 e. The molecule has 4 nitrogen and oxygen atoms in total. The zero-order valence-corrected chi connectivity index (χ0v) is 15.4. The molecule has 0 spiro atoms. The Morgan fingerprint density at radius 2 is 1.50 bits per heavy atom. The molecule has 1 aromatic heterocycles. The van der Waals surface area contributed by atoms with Gasteiger partial charge in [-0.15, -0.1) is 0 Å². The van der Waals surface area contributed by atoms with E-state index in [4.69, 9.17) is 4.42 Å². The summed E-state index contributed by atoms with van der Waals surface area (Å²) in [5, 5.41) is 0.453. The van der Waals surface area contributed by atoms with E-state index in [0.717, 1.165) is 0 Å². The van der Waals surface area contributed by atoms with Gasteiger partial charge in [0.15, 0.2) is 15.6 Å². The van der Waals surface area contributed by atoms with Crippen molar-refractivity contribution in [2.45, 2.75) is 10.6 Å². The van der Waals surface area contributed by atoms with Gasteiger partial charge in [-0.2, -0.15) is 0 Å². The zero-order chi connectivity index (χ0) is 19.7. The molecule has 6 heteroatoms. The summed E-state index contributed by atoms with van der Waals surface area (Å²) in [6, 6.07) is 20.3. The molecule has 0 amide bonds. The molecule has 140 valence electrons. The Bertz CT molecular complexity index is 1270. The van der Waals surface area contributed by atoms with E-state index in [0.29, 0.717) is 11.0 Å². The summed E-state index contributed by atoms with van der Waals surface area (Å²) in [7, 11) is -3.75. The number of hydrogen-bond donors (Lipinski definition) is 0. The number of para-hydroxylation sites is 1. The molecule has 0 aliphatic heterocycles. The third kappa shape index (κ3) is 3.23. The van der Waals surface area contributed by atoms with Gasteiger partial charge in [-0.25, -0.2) is 12.8 Å². The maximum absolute atomic E-state index is 14.2. The van der Waals surface area contributed by atoms with Gasteiger partial charge in [0.05, 0.1) is 16.0 Å². The van der Waals surface area contributed by atoms with E-state index in [2.05, 4.69) is 0 Å². The van der Waals surface area contributed by atoms with E-state index in [1.54, 1.807) is 48.5 Å². The van der Waals surface area contributed by atoms with Gasteiger partial charge < -0.3 is 4.42 Å². The SMILES string of the molecule is O=C(c1ccccc1F)c1c(CS(=O)(=O)c2ccccc2)oc2ccccc12. The molecule has 3 aromatic carbocycles. The van der Waals surface area contributed by atoms with Gasteiger partial charge in [-0.05, 0) is 30.3 Å². The summed E-state index contributed by atoms with van der Waals surface area (Å²) >= 11 is 0. The van der Waals surface area contributed by atoms with Gasteiger partial charge in [0.25, 0.3) is 0 Å². The largest absolute Gasteiger partial charge is 0.459 e. The van der Waals surface area contributed by atoms with Crippen molar-refractivity contribution >= 4 is 26.6 Å². The fourth-order valence-electron chi connectivity index (χ4n) is 3.11. The molecule has 1 heterocycles. The molecule has 4 rings (SSSR count). The molecule has 0 N–H and O–H groups in total. The van der Waals surface area contributed by atoms with Gasteiger partial charge in [-0.1, -0.05) is 48.5 Å². The number of rotatable bonds is 5. The highest BCUT2D eigenvalue weighted by Crippen LogP contribution is 2.31. The average Bonchev–Trinajstić information content (AvgIpc) is 3.05. The average molecular weight is 394 g/mol. The maximum atomic E-state index is 14.2. The monoisotopic (exact) mass is 394 g/mol. The lowest BCUT2D eigenvalue weighted by Gasteiger charge is -2.06. The highest BCUT2D eigenvalue weighted by Gasteiger charge is 2.27. The van der Waals surface area contributed by atoms with Crippen molar-refractivity contribution in [3.05, 3.63) is 102 Å². The molecular weight excluding hydrogens is 379 g/mol. The first kappa shape index (κ1) is 18.1. The van der Waals surface area contributed by atoms with Crippen LogP contribution in [-0.2, 0) is 15.6 Å². The lowest BCUT2D eigenvalue weighted by molar-refractivity contribution is 0.103. The molecule has 0 atom stereocenters. The zero-order valence-electron chi connectivity index (χ0n) is 14.6. The minimum absolute atomic E-state index is 0.00157. The molecule has 0 saturated carbocycles. The number of halogens is 1. The number of furan rings is 1. The summed E-state index contributed by atoms with van der Waals surface area (Å²) in [5.74, 6) is -1.78. The van der Waals surface area contributed by atoms with Gasteiger partial charge in [-0.3, -0.25) is 4.79 Å². The Morgan fingerprint density at radius 1 is 0.857 bits per heavy atom. The molecule has 0 saturated heterocycles. The van der Waals surface area contributed by atoms with Crippen LogP contribution >= 0.6 is 0 Å². The predicted molar refractivity (Wildman–Crippen MR) is 103 cm³/mol. The molecule has 0 aliphatic carbocycles. The number of carbonyl (C=O) groups is 1. The quantitative estimate of drug-likeness (QED) is 0.457. The van der Waals surface area contributed by atoms with E-state index in [1.165, 1.54) is 30.3 Å². The predicted octanol–water partition coefficient (Wildman–Crippen LogP) is 4.78. The smallest absolute Gasteiger partial charge is 0.200 e. The fraction of sp³-hybridized carbons (Fsp3) is 0.0455. The second-order valence-corrected chi connectivity index (χ2v) is 8.27. The molecule has 0 fully saturated rings. The minimum atomic E-state index is -3.75. The summed E-state index contributed by atoms with van der Waals surface area (Å²) in [6.45, 7) is 0. The van der Waals surface area contributed by atoms with Crippen LogP contribution in [0, 0.1) is 5.82 Å². The van der Waals surface area contributed by atoms with Crippen LogP contribution in [0.1, 0.15) is 21.7 Å². The highest BCUT2D eigenvalue weighted by molar-refractivity contribution is 7.90. The first-order valence-electron chi connectivity index (χ1n) is 8.55. The Kier molecular flexibility index (Phi) is 4.57. The Labute approximate surface area is 161 Å². The van der Waals surface area contributed by atoms with Crippen molar-refractivity contribution in [2.75, 3.05) is 0 Å². The Hall–Kier alpha value is -3.25. The number of sulfone groups is 1. The van der Waals surface area contributed by atoms with Crippen molar-refractivity contribution in [1.82, 2.24) is 0 Å². The van der Waals surface area contributed by atoms with Gasteiger partial charge in [0.2, 0.25) is 0 Å². The van der Waals surface area contributed by atoms with Crippen molar-refractivity contribution in [3.8, 4) is 0 Å². The molecule has 0 aliphatic rings. The van der Waals surface area contributed by atoms with Crippen molar-refractivity contribution in [1.29, 1.82) is 0 Å². The number of ketones is 1. The van der Waals surface area contributed by atoms with Crippen LogP contribution in [0.15, 0.2) is 88.2 Å². The van der Waals surface area contributed by atoms with Crippen LogP contribution in [0.25, 0.3) is 11.0 Å². The van der Waals surface area contributed by atoms with Gasteiger partial charge in [0, 0.05) is 5.39 Å². The lowest BCUT2D eigenvalue weighted by atomic mass is 10.00. The first-order chi connectivity index (χ1) is 13.5. The van der Waals surface area contributed by atoms with E-state index >= 15 is 0 Å². The van der Waals surface area contributed by atoms with Crippen LogP contribution in [-0.4, -0.2) is 14.2 Å². The van der Waals surface area contributed by atoms with Crippen LogP contribution in [0.4, 0.5) is 4.39 Å². The maximum Gasteiger partial charge on any atom is 0.200 e. The number of fused-ring (bicyclic) bond motifs is 1. The van der Waals surface area contributed by atoms with Crippen molar-refractivity contribution in [2.24, 2.45) is 0 Å². The number of carbonyl (C=O) groups excluding carboxylic acids is 1. The van der Waals surface area contributed by atoms with E-state index in [1.807, 2.05) is 0 Å². The van der Waals surface area contributed by atoms with Crippen LogP contribution in [0.5, 0.6) is 0 Å². The first-order valence-corrected chi connectivity index (χ1v) is 10.2. The summed E-state index contributed by atoms with van der Waals surface area (Å²) in [5.41, 5.74) is 0.313. The van der Waals surface area contributed by atoms with Crippen LogP contribution in [0.2, 0.25) is 0 Å². The molecule has 0 radical (unpaired) electrons. The van der Waals surface area contributed by atoms with Gasteiger partial charge >= 0.3 is 0 Å². The molecular formula is C22H15FO4S. The van der Waals surface area contributed by atoms with Crippen LogP contribution < -0.4 is 0 Å². The Balaban J connectivity index is 1.87. The van der Waals surface area contributed by atoms with E-state index < -0.39 is 27.2 Å².